The van der Waals surface area contributed by atoms with Crippen LogP contribution in [0.4, 0.5) is 5.69 Å². The van der Waals surface area contributed by atoms with Gasteiger partial charge in [0.1, 0.15) is 0 Å². The molecule has 0 amide bonds. The molecule has 1 aromatic heterocycles. The third kappa shape index (κ3) is 3.32. The van der Waals surface area contributed by atoms with Crippen LogP contribution in [0.2, 0.25) is 0 Å². The van der Waals surface area contributed by atoms with Crippen molar-refractivity contribution in [2.24, 2.45) is 17.9 Å². The van der Waals surface area contributed by atoms with E-state index < -0.39 is 5.97 Å². The Morgan fingerprint density at radius 1 is 1.48 bits per heavy atom. The Morgan fingerprint density at radius 3 is 2.81 bits per heavy atom. The van der Waals surface area contributed by atoms with Crippen LogP contribution in [0.15, 0.2) is 29.6 Å². The lowest BCUT2D eigenvalue weighted by atomic mass is 10.1. The number of aryl methyl sites for hydroxylation is 1. The minimum absolute atomic E-state index is 0.0825. The number of benzene rings is 1. The molecule has 0 bridgehead atoms. The van der Waals surface area contributed by atoms with Crippen molar-refractivity contribution in [3.8, 4) is 0 Å². The molecule has 4 N–H and O–H groups in total. The second-order valence-electron chi connectivity index (χ2n) is 4.37. The van der Waals surface area contributed by atoms with E-state index in [1.54, 1.807) is 31.4 Å². The van der Waals surface area contributed by atoms with Crippen molar-refractivity contribution in [1.29, 1.82) is 0 Å². The second kappa shape index (κ2) is 6.12. The number of nitrogens with two attached hydrogens (primary N) is 2. The Kier molecular flexibility index (Phi) is 4.46. The summed E-state index contributed by atoms with van der Waals surface area (Å²) in [6.07, 6.45) is 1.70. The number of oxime groups is 1. The molecule has 0 aliphatic carbocycles. The van der Waals surface area contributed by atoms with Gasteiger partial charge in [0, 0.05) is 24.5 Å². The SMILES string of the molecule is Cc1c(N)cccc1/C(N)=N/OC(=O)c1nn(C)cc1I. The van der Waals surface area contributed by atoms with E-state index in [0.717, 1.165) is 5.56 Å². The summed E-state index contributed by atoms with van der Waals surface area (Å²) in [5.41, 5.74) is 13.8. The van der Waals surface area contributed by atoms with Crippen molar-refractivity contribution in [2.45, 2.75) is 6.92 Å². The van der Waals surface area contributed by atoms with Crippen LogP contribution in [0.25, 0.3) is 0 Å². The first-order valence-electron chi connectivity index (χ1n) is 5.99. The van der Waals surface area contributed by atoms with Crippen molar-refractivity contribution in [3.05, 3.63) is 44.8 Å². The van der Waals surface area contributed by atoms with Crippen LogP contribution < -0.4 is 11.5 Å². The van der Waals surface area contributed by atoms with Crippen LogP contribution in [-0.4, -0.2) is 21.6 Å². The third-order valence-corrected chi connectivity index (χ3v) is 3.65. The average molecular weight is 399 g/mol. The number of amidine groups is 1. The van der Waals surface area contributed by atoms with Gasteiger partial charge >= 0.3 is 5.97 Å². The zero-order valence-electron chi connectivity index (χ0n) is 11.5. The second-order valence-corrected chi connectivity index (χ2v) is 5.54. The Balaban J connectivity index is 2.19. The van der Waals surface area contributed by atoms with Gasteiger partial charge in [0.25, 0.3) is 0 Å². The van der Waals surface area contributed by atoms with E-state index in [4.69, 9.17) is 16.3 Å². The predicted molar refractivity (Wildman–Crippen MR) is 87.7 cm³/mol. The Bertz CT molecular complexity index is 723. The lowest BCUT2D eigenvalue weighted by molar-refractivity contribution is 0.0507. The molecule has 8 heteroatoms. The quantitative estimate of drug-likeness (QED) is 0.203. The minimum atomic E-state index is -0.662. The van der Waals surface area contributed by atoms with Crippen molar-refractivity contribution in [1.82, 2.24) is 9.78 Å². The van der Waals surface area contributed by atoms with Gasteiger partial charge in [0.15, 0.2) is 11.5 Å². The fourth-order valence-corrected chi connectivity index (χ4v) is 2.44. The van der Waals surface area contributed by atoms with Crippen LogP contribution in [0.3, 0.4) is 0 Å². The molecular weight excluding hydrogens is 385 g/mol. The van der Waals surface area contributed by atoms with Gasteiger partial charge in [-0.15, -0.1) is 0 Å². The molecule has 21 heavy (non-hydrogen) atoms. The van der Waals surface area contributed by atoms with Crippen LogP contribution in [-0.2, 0) is 11.9 Å². The normalized spacial score (nSPS) is 11.5. The van der Waals surface area contributed by atoms with Crippen LogP contribution in [0, 0.1) is 10.5 Å². The monoisotopic (exact) mass is 399 g/mol. The number of aromatic nitrogens is 2. The van der Waals surface area contributed by atoms with Crippen molar-refractivity contribution < 1.29 is 9.63 Å². The molecule has 0 aliphatic rings. The fraction of sp³-hybridized carbons (Fsp3) is 0.154. The number of rotatable bonds is 3. The van der Waals surface area contributed by atoms with Crippen LogP contribution in [0.5, 0.6) is 0 Å². The standard InChI is InChI=1S/C13H14IN5O2/c1-7-8(4-3-5-10(7)15)12(16)18-21-13(20)11-9(14)6-19(2)17-11/h3-6H,15H2,1-2H3,(H2,16,18). The topological polar surface area (TPSA) is 109 Å². The number of hydrogen-bond acceptors (Lipinski definition) is 5. The van der Waals surface area contributed by atoms with E-state index >= 15 is 0 Å². The first-order chi connectivity index (χ1) is 9.90. The van der Waals surface area contributed by atoms with E-state index in [1.165, 1.54) is 4.68 Å². The summed E-state index contributed by atoms with van der Waals surface area (Å²) < 4.78 is 2.20. The number of halogens is 1. The fourth-order valence-electron chi connectivity index (χ4n) is 1.71. The van der Waals surface area contributed by atoms with Crippen molar-refractivity contribution >= 4 is 40.1 Å². The number of carbonyl (C=O) groups is 1. The van der Waals surface area contributed by atoms with Gasteiger partial charge in [-0.3, -0.25) is 4.68 Å². The summed E-state index contributed by atoms with van der Waals surface area (Å²) >= 11 is 1.99. The summed E-state index contributed by atoms with van der Waals surface area (Å²) in [6, 6.07) is 5.26. The molecule has 0 saturated heterocycles. The largest absolute Gasteiger partial charge is 0.398 e. The van der Waals surface area contributed by atoms with Gasteiger partial charge in [0.05, 0.1) is 3.57 Å². The molecule has 0 spiro atoms. The van der Waals surface area contributed by atoms with Gasteiger partial charge in [-0.2, -0.15) is 5.10 Å². The first-order valence-corrected chi connectivity index (χ1v) is 7.07. The summed E-state index contributed by atoms with van der Waals surface area (Å²) in [5, 5.41) is 7.66. The Hall–Kier alpha value is -2.10. The molecule has 1 aromatic carbocycles. The van der Waals surface area contributed by atoms with E-state index in [0.29, 0.717) is 14.8 Å². The average Bonchev–Trinajstić information content (AvgIpc) is 2.78. The molecule has 0 unspecified atom stereocenters. The summed E-state index contributed by atoms with van der Waals surface area (Å²) in [7, 11) is 1.71. The van der Waals surface area contributed by atoms with E-state index in [-0.39, 0.29) is 11.5 Å². The highest BCUT2D eigenvalue weighted by Gasteiger charge is 2.16. The number of hydrogen-bond donors (Lipinski definition) is 2. The predicted octanol–water partition coefficient (Wildman–Crippen LogP) is 1.39. The maximum Gasteiger partial charge on any atom is 0.386 e. The molecule has 0 radical (unpaired) electrons. The maximum absolute atomic E-state index is 11.9. The molecule has 2 rings (SSSR count). The van der Waals surface area contributed by atoms with Crippen LogP contribution in [0.1, 0.15) is 21.6 Å². The lowest BCUT2D eigenvalue weighted by Gasteiger charge is -2.06. The summed E-state index contributed by atoms with van der Waals surface area (Å²) in [5.74, 6) is -0.580. The smallest absolute Gasteiger partial charge is 0.386 e. The number of anilines is 1. The zero-order chi connectivity index (χ0) is 15.6. The highest BCUT2D eigenvalue weighted by Crippen LogP contribution is 2.15. The molecule has 0 aliphatic heterocycles. The minimum Gasteiger partial charge on any atom is -0.398 e. The Labute approximate surface area is 135 Å². The molecule has 2 aromatic rings. The highest BCUT2D eigenvalue weighted by atomic mass is 127. The van der Waals surface area contributed by atoms with E-state index in [1.807, 2.05) is 29.5 Å². The van der Waals surface area contributed by atoms with Gasteiger partial charge in [-0.1, -0.05) is 17.3 Å². The zero-order valence-corrected chi connectivity index (χ0v) is 13.7. The van der Waals surface area contributed by atoms with Gasteiger partial charge < -0.3 is 16.3 Å². The van der Waals surface area contributed by atoms with E-state index in [9.17, 15) is 4.79 Å². The van der Waals surface area contributed by atoms with Crippen molar-refractivity contribution in [2.75, 3.05) is 5.73 Å². The number of nitrogens with zero attached hydrogens (tertiary/aromatic N) is 3. The van der Waals surface area contributed by atoms with E-state index in [2.05, 4.69) is 10.3 Å². The molecule has 0 saturated carbocycles. The van der Waals surface area contributed by atoms with Crippen LogP contribution >= 0.6 is 22.6 Å². The number of carbonyl (C=O) groups excluding carboxylic acids is 1. The van der Waals surface area contributed by atoms with Gasteiger partial charge in [-0.25, -0.2) is 4.79 Å². The Morgan fingerprint density at radius 2 is 2.19 bits per heavy atom. The van der Waals surface area contributed by atoms with Gasteiger partial charge in [0.2, 0.25) is 0 Å². The molecule has 0 atom stereocenters. The van der Waals surface area contributed by atoms with Gasteiger partial charge in [-0.05, 0) is 41.1 Å². The summed E-state index contributed by atoms with van der Waals surface area (Å²) in [4.78, 5) is 16.7. The molecule has 7 nitrogen and oxygen atoms in total. The highest BCUT2D eigenvalue weighted by molar-refractivity contribution is 14.1. The summed E-state index contributed by atoms with van der Waals surface area (Å²) in [6.45, 7) is 1.82. The molecule has 1 heterocycles. The molecule has 0 fully saturated rings. The maximum atomic E-state index is 11.9. The first kappa shape index (κ1) is 15.3. The molecular formula is C13H14IN5O2. The molecule has 110 valence electrons. The lowest BCUT2D eigenvalue weighted by Crippen LogP contribution is -2.17. The number of nitrogen functional groups attached to an aromatic ring is 1. The van der Waals surface area contributed by atoms with Crippen molar-refractivity contribution in [3.63, 3.8) is 0 Å². The third-order valence-electron chi connectivity index (χ3n) is 2.86.